The maximum atomic E-state index is 13.4. The minimum atomic E-state index is -1.35. The number of aliphatic hydroxyl groups excluding tert-OH is 3. The molecule has 9 unspecified atom stereocenters. The van der Waals surface area contributed by atoms with Crippen molar-refractivity contribution in [2.24, 2.45) is 11.8 Å². The minimum Gasteiger partial charge on any atom is -0.388 e. The molecule has 1 amide bonds. The van der Waals surface area contributed by atoms with E-state index in [1.54, 1.807) is 0 Å². The fourth-order valence-corrected chi connectivity index (χ4v) is 7.28. The number of thioether (sulfide) groups is 1. The van der Waals surface area contributed by atoms with Crippen LogP contribution in [0.3, 0.4) is 0 Å². The fraction of sp³-hybridized carbons (Fsp3) is 0.880. The summed E-state index contributed by atoms with van der Waals surface area (Å²) >= 11 is 1.45. The summed E-state index contributed by atoms with van der Waals surface area (Å²) in [6, 6.07) is -1.01. The van der Waals surface area contributed by atoms with Crippen LogP contribution in [0.15, 0.2) is 12.2 Å². The van der Waals surface area contributed by atoms with Crippen molar-refractivity contribution < 1.29 is 34.3 Å². The molecule has 0 radical (unpaired) electrons. The van der Waals surface area contributed by atoms with E-state index < -0.39 is 41.9 Å². The van der Waals surface area contributed by atoms with Crippen molar-refractivity contribution in [3.63, 3.8) is 0 Å². The molecular formula is C25H41N3O7S. The molecule has 0 aromatic carbocycles. The van der Waals surface area contributed by atoms with Gasteiger partial charge in [-0.1, -0.05) is 18.6 Å². The van der Waals surface area contributed by atoms with E-state index in [4.69, 9.17) is 14.2 Å². The number of rotatable bonds is 4. The van der Waals surface area contributed by atoms with Crippen LogP contribution in [0, 0.1) is 11.8 Å². The summed E-state index contributed by atoms with van der Waals surface area (Å²) in [6.07, 6.45) is 3.00. The van der Waals surface area contributed by atoms with Gasteiger partial charge in [-0.3, -0.25) is 9.69 Å². The number of morpholine rings is 1. The Kier molecular flexibility index (Phi) is 9.24. The number of nitrogens with one attached hydrogen (secondary N) is 2. The van der Waals surface area contributed by atoms with Gasteiger partial charge < -0.3 is 40.2 Å². The number of fused-ring (bicyclic) bond motifs is 3. The molecule has 5 aliphatic rings. The zero-order valence-electron chi connectivity index (χ0n) is 20.7. The summed E-state index contributed by atoms with van der Waals surface area (Å²) in [5, 5.41) is 38.5. The first-order valence-electron chi connectivity index (χ1n) is 13.4. The molecule has 0 spiro atoms. The van der Waals surface area contributed by atoms with Crippen molar-refractivity contribution >= 4 is 17.7 Å². The van der Waals surface area contributed by atoms with Gasteiger partial charge in [0.1, 0.15) is 35.9 Å². The van der Waals surface area contributed by atoms with E-state index in [0.717, 1.165) is 58.7 Å². The van der Waals surface area contributed by atoms with E-state index >= 15 is 0 Å². The molecule has 2 bridgehead atoms. The molecule has 0 aromatic heterocycles. The van der Waals surface area contributed by atoms with Crippen LogP contribution in [0.1, 0.15) is 25.7 Å². The topological polar surface area (TPSA) is 133 Å². The summed E-state index contributed by atoms with van der Waals surface area (Å²) in [7, 11) is 0. The molecule has 4 saturated heterocycles. The van der Waals surface area contributed by atoms with Gasteiger partial charge in [-0.25, -0.2) is 0 Å². The van der Waals surface area contributed by atoms with Gasteiger partial charge in [-0.05, 0) is 31.1 Å². The smallest absolute Gasteiger partial charge is 0.240 e. The maximum absolute atomic E-state index is 13.4. The third kappa shape index (κ3) is 6.10. The van der Waals surface area contributed by atoms with Gasteiger partial charge in [0.05, 0.1) is 25.4 Å². The molecule has 0 aromatic rings. The lowest BCUT2D eigenvalue weighted by molar-refractivity contribution is -0.205. The molecule has 204 valence electrons. The lowest BCUT2D eigenvalue weighted by Gasteiger charge is -2.44. The quantitative estimate of drug-likeness (QED) is 0.292. The number of nitrogens with zero attached hydrogens (tertiary/aromatic N) is 1. The van der Waals surface area contributed by atoms with Gasteiger partial charge in [-0.15, -0.1) is 11.8 Å². The monoisotopic (exact) mass is 527 g/mol. The normalized spacial score (nSPS) is 45.3. The summed E-state index contributed by atoms with van der Waals surface area (Å²) in [5.41, 5.74) is -0.689. The highest BCUT2D eigenvalue weighted by Crippen LogP contribution is 2.33. The van der Waals surface area contributed by atoms with Crippen LogP contribution < -0.4 is 10.6 Å². The van der Waals surface area contributed by atoms with E-state index in [9.17, 15) is 20.1 Å². The van der Waals surface area contributed by atoms with Crippen molar-refractivity contribution in [1.82, 2.24) is 15.5 Å². The van der Waals surface area contributed by atoms with Gasteiger partial charge >= 0.3 is 0 Å². The Labute approximate surface area is 217 Å². The van der Waals surface area contributed by atoms with Crippen LogP contribution in [0.2, 0.25) is 0 Å². The number of hydrogen-bond donors (Lipinski definition) is 5. The third-order valence-corrected chi connectivity index (χ3v) is 9.49. The highest BCUT2D eigenvalue weighted by Gasteiger charge is 2.48. The molecule has 11 heteroatoms. The molecule has 36 heavy (non-hydrogen) atoms. The fourth-order valence-electron chi connectivity index (χ4n) is 6.06. The van der Waals surface area contributed by atoms with E-state index in [2.05, 4.69) is 27.7 Å². The first kappa shape index (κ1) is 26.8. The van der Waals surface area contributed by atoms with Gasteiger partial charge in [0.25, 0.3) is 0 Å². The first-order valence-corrected chi connectivity index (χ1v) is 14.5. The van der Waals surface area contributed by atoms with Crippen LogP contribution >= 0.6 is 11.8 Å². The van der Waals surface area contributed by atoms with E-state index in [0.29, 0.717) is 24.7 Å². The lowest BCUT2D eigenvalue weighted by atomic mass is 9.91. The van der Waals surface area contributed by atoms with Crippen LogP contribution in [0.25, 0.3) is 0 Å². The average molecular weight is 528 g/mol. The van der Waals surface area contributed by atoms with Crippen molar-refractivity contribution in [2.75, 3.05) is 51.8 Å². The number of aliphatic hydroxyl groups is 3. The zero-order valence-corrected chi connectivity index (χ0v) is 21.6. The number of amides is 1. The maximum Gasteiger partial charge on any atom is 0.240 e. The van der Waals surface area contributed by atoms with Crippen LogP contribution in [-0.2, 0) is 19.0 Å². The summed E-state index contributed by atoms with van der Waals surface area (Å²) in [4.78, 5) is 15.8. The van der Waals surface area contributed by atoms with Gasteiger partial charge in [-0.2, -0.15) is 0 Å². The first-order chi connectivity index (χ1) is 17.5. The highest BCUT2D eigenvalue weighted by atomic mass is 32.2. The molecular weight excluding hydrogens is 486 g/mol. The highest BCUT2D eigenvalue weighted by molar-refractivity contribution is 7.99. The van der Waals surface area contributed by atoms with Crippen LogP contribution in [0.5, 0.6) is 0 Å². The van der Waals surface area contributed by atoms with Crippen LogP contribution in [-0.4, -0.2) is 126 Å². The average Bonchev–Trinajstić information content (AvgIpc) is 3.15. The van der Waals surface area contributed by atoms with Crippen molar-refractivity contribution in [2.45, 2.75) is 73.7 Å². The third-order valence-electron chi connectivity index (χ3n) is 8.16. The van der Waals surface area contributed by atoms with Crippen molar-refractivity contribution in [3.05, 3.63) is 12.2 Å². The Hall–Kier alpha value is -0.760. The van der Waals surface area contributed by atoms with E-state index in [1.165, 1.54) is 11.8 Å². The SMILES string of the molecule is O=C(N[C@@H]1C/C=C\C(CN2CCOCC2)CSC2OC1C(O)C(O)C2O)C1NCC2CCCCOC21. The molecule has 0 saturated carbocycles. The Bertz CT molecular complexity index is 770. The standard InChI is InChI=1S/C25H41N3O7S/c29-19-20(30)23-17(27-24(32)18-22-16(12-26-18)5-1-2-9-34-22)6-3-4-15(13-28-7-10-33-11-8-28)14-36-25(35-23)21(19)31/h3-4,15-23,25-26,29-31H,1-2,5-14H2,(H,27,32)/b4-3-/t15?,16?,17-,18?,19?,20?,21?,22?,23?,25?/m1/s1. The predicted molar refractivity (Wildman–Crippen MR) is 134 cm³/mol. The molecule has 5 N–H and O–H groups in total. The molecule has 5 heterocycles. The van der Waals surface area contributed by atoms with Gasteiger partial charge in [0.2, 0.25) is 5.91 Å². The Morgan fingerprint density at radius 3 is 2.75 bits per heavy atom. The molecule has 10 atom stereocenters. The van der Waals surface area contributed by atoms with E-state index in [-0.39, 0.29) is 17.9 Å². The zero-order chi connectivity index (χ0) is 25.1. The van der Waals surface area contributed by atoms with E-state index in [1.807, 2.05) is 0 Å². The largest absolute Gasteiger partial charge is 0.388 e. The Balaban J connectivity index is 1.31. The number of carbonyl (C=O) groups excluding carboxylic acids is 1. The van der Waals surface area contributed by atoms with Gasteiger partial charge in [0.15, 0.2) is 0 Å². The molecule has 5 rings (SSSR count). The van der Waals surface area contributed by atoms with Gasteiger partial charge in [0, 0.05) is 38.5 Å². The number of ether oxygens (including phenoxy) is 3. The Morgan fingerprint density at radius 2 is 1.92 bits per heavy atom. The van der Waals surface area contributed by atoms with Crippen molar-refractivity contribution in [1.29, 1.82) is 0 Å². The second-order valence-corrected chi connectivity index (χ2v) is 11.8. The second-order valence-electron chi connectivity index (χ2n) is 10.7. The predicted octanol–water partition coefficient (Wildman–Crippen LogP) is -0.923. The summed E-state index contributed by atoms with van der Waals surface area (Å²) in [6.45, 7) is 5.53. The summed E-state index contributed by atoms with van der Waals surface area (Å²) < 4.78 is 17.7. The number of hydrogen-bond acceptors (Lipinski definition) is 10. The molecule has 0 aliphatic carbocycles. The van der Waals surface area contributed by atoms with Crippen LogP contribution in [0.4, 0.5) is 0 Å². The number of carbonyl (C=O) groups is 1. The lowest BCUT2D eigenvalue weighted by Crippen LogP contribution is -2.64. The molecule has 4 fully saturated rings. The molecule has 5 aliphatic heterocycles. The molecule has 10 nitrogen and oxygen atoms in total. The summed E-state index contributed by atoms with van der Waals surface area (Å²) in [5.74, 6) is 1.08. The second kappa shape index (κ2) is 12.4. The van der Waals surface area contributed by atoms with Crippen molar-refractivity contribution in [3.8, 4) is 0 Å². The Morgan fingerprint density at radius 1 is 1.08 bits per heavy atom. The minimum absolute atomic E-state index is 0.159.